The molecule has 2 unspecified atom stereocenters. The van der Waals surface area contributed by atoms with Gasteiger partial charge in [0.05, 0.1) is 11.8 Å². The van der Waals surface area contributed by atoms with Gasteiger partial charge in [0, 0.05) is 31.7 Å². The molecule has 0 radical (unpaired) electrons. The largest absolute Gasteiger partial charge is 0.345 e. The summed E-state index contributed by atoms with van der Waals surface area (Å²) in [7, 11) is 1.81. The van der Waals surface area contributed by atoms with Crippen molar-refractivity contribution in [3.63, 3.8) is 0 Å². The molecule has 1 heterocycles. The van der Waals surface area contributed by atoms with Gasteiger partial charge in [0.1, 0.15) is 0 Å². The fourth-order valence-corrected chi connectivity index (χ4v) is 3.17. The molecule has 2 aromatic rings. The van der Waals surface area contributed by atoms with Crippen LogP contribution in [0.15, 0.2) is 48.8 Å². The SMILES string of the molecule is CCc1ccccc1NC(=O)C1CC1C(=O)N(C)CCc1ccncc1. The van der Waals surface area contributed by atoms with E-state index in [1.54, 1.807) is 17.3 Å². The van der Waals surface area contributed by atoms with Crippen molar-refractivity contribution in [3.05, 3.63) is 59.9 Å². The molecule has 0 aliphatic heterocycles. The van der Waals surface area contributed by atoms with Gasteiger partial charge in [-0.3, -0.25) is 14.6 Å². The summed E-state index contributed by atoms with van der Waals surface area (Å²) >= 11 is 0. The summed E-state index contributed by atoms with van der Waals surface area (Å²) in [4.78, 5) is 30.8. The Morgan fingerprint density at radius 3 is 2.62 bits per heavy atom. The molecule has 5 nitrogen and oxygen atoms in total. The van der Waals surface area contributed by atoms with Crippen molar-refractivity contribution in [2.75, 3.05) is 18.9 Å². The van der Waals surface area contributed by atoms with Gasteiger partial charge in [-0.2, -0.15) is 0 Å². The Kier molecular flexibility index (Phi) is 5.66. The molecular formula is C21H25N3O2. The molecule has 136 valence electrons. The molecule has 2 atom stereocenters. The van der Waals surface area contributed by atoms with Crippen LogP contribution >= 0.6 is 0 Å². The summed E-state index contributed by atoms with van der Waals surface area (Å²) in [5, 5.41) is 2.99. The van der Waals surface area contributed by atoms with Crippen LogP contribution in [0.2, 0.25) is 0 Å². The van der Waals surface area contributed by atoms with Crippen LogP contribution in [0.25, 0.3) is 0 Å². The monoisotopic (exact) mass is 351 g/mol. The second kappa shape index (κ2) is 8.13. The van der Waals surface area contributed by atoms with Crippen molar-refractivity contribution in [1.82, 2.24) is 9.88 Å². The summed E-state index contributed by atoms with van der Waals surface area (Å²) in [5.74, 6) is -0.392. The highest BCUT2D eigenvalue weighted by Gasteiger charge is 2.49. The average Bonchev–Trinajstić information content (AvgIpc) is 3.47. The van der Waals surface area contributed by atoms with E-state index >= 15 is 0 Å². The summed E-state index contributed by atoms with van der Waals surface area (Å²) in [6.07, 6.45) is 5.80. The first kappa shape index (κ1) is 18.1. The van der Waals surface area contributed by atoms with E-state index in [4.69, 9.17) is 0 Å². The van der Waals surface area contributed by atoms with E-state index in [1.807, 2.05) is 43.4 Å². The van der Waals surface area contributed by atoms with Crippen molar-refractivity contribution in [1.29, 1.82) is 0 Å². The number of likely N-dealkylation sites (N-methyl/N-ethyl adjacent to an activating group) is 1. The Morgan fingerprint density at radius 1 is 1.15 bits per heavy atom. The molecule has 3 rings (SSSR count). The first-order valence-corrected chi connectivity index (χ1v) is 9.12. The third kappa shape index (κ3) is 4.28. The van der Waals surface area contributed by atoms with Crippen molar-refractivity contribution >= 4 is 17.5 Å². The third-order valence-corrected chi connectivity index (χ3v) is 4.96. The lowest BCUT2D eigenvalue weighted by atomic mass is 10.1. The predicted octanol–water partition coefficient (Wildman–Crippen LogP) is 2.92. The van der Waals surface area contributed by atoms with Crippen LogP contribution in [0, 0.1) is 11.8 Å². The molecule has 1 N–H and O–H groups in total. The van der Waals surface area contributed by atoms with Crippen LogP contribution < -0.4 is 5.32 Å². The summed E-state index contributed by atoms with van der Waals surface area (Å²) in [5.41, 5.74) is 3.11. The molecule has 2 amide bonds. The normalized spacial score (nSPS) is 18.2. The first-order valence-electron chi connectivity index (χ1n) is 9.12. The van der Waals surface area contributed by atoms with Crippen molar-refractivity contribution < 1.29 is 9.59 Å². The molecule has 5 heteroatoms. The number of nitrogens with zero attached hydrogens (tertiary/aromatic N) is 2. The quantitative estimate of drug-likeness (QED) is 0.834. The van der Waals surface area contributed by atoms with Gasteiger partial charge in [-0.1, -0.05) is 25.1 Å². The summed E-state index contributed by atoms with van der Waals surface area (Å²) in [6.45, 7) is 2.71. The molecule has 1 fully saturated rings. The van der Waals surface area contributed by atoms with Crippen LogP contribution in [-0.4, -0.2) is 35.3 Å². The molecule has 26 heavy (non-hydrogen) atoms. The maximum Gasteiger partial charge on any atom is 0.228 e. The molecule has 0 spiro atoms. The highest BCUT2D eigenvalue weighted by atomic mass is 16.2. The Hall–Kier alpha value is -2.69. The lowest BCUT2D eigenvalue weighted by molar-refractivity contribution is -0.132. The van der Waals surface area contributed by atoms with Gasteiger partial charge in [0.25, 0.3) is 0 Å². The first-order chi connectivity index (χ1) is 12.6. The van der Waals surface area contributed by atoms with Crippen LogP contribution in [0.5, 0.6) is 0 Å². The lowest BCUT2D eigenvalue weighted by Crippen LogP contribution is -2.31. The number of amides is 2. The van der Waals surface area contributed by atoms with E-state index in [0.29, 0.717) is 13.0 Å². The predicted molar refractivity (Wildman–Crippen MR) is 102 cm³/mol. The maximum atomic E-state index is 12.6. The number of benzene rings is 1. The van der Waals surface area contributed by atoms with Gasteiger partial charge in [0.2, 0.25) is 11.8 Å². The van der Waals surface area contributed by atoms with Crippen molar-refractivity contribution in [3.8, 4) is 0 Å². The molecular weight excluding hydrogens is 326 g/mol. The minimum Gasteiger partial charge on any atom is -0.345 e. The Labute approximate surface area is 154 Å². The van der Waals surface area contributed by atoms with E-state index in [2.05, 4.69) is 17.2 Å². The molecule has 0 saturated heterocycles. The summed E-state index contributed by atoms with van der Waals surface area (Å²) < 4.78 is 0. The van der Waals surface area contributed by atoms with Crippen LogP contribution in [0.4, 0.5) is 5.69 Å². The van der Waals surface area contributed by atoms with Crippen molar-refractivity contribution in [2.24, 2.45) is 11.8 Å². The Bertz CT molecular complexity index is 776. The fraction of sp³-hybridized carbons (Fsp3) is 0.381. The smallest absolute Gasteiger partial charge is 0.228 e. The number of hydrogen-bond acceptors (Lipinski definition) is 3. The molecule has 1 aromatic heterocycles. The highest BCUT2D eigenvalue weighted by Crippen LogP contribution is 2.40. The lowest BCUT2D eigenvalue weighted by Gasteiger charge is -2.17. The van der Waals surface area contributed by atoms with Gasteiger partial charge in [-0.25, -0.2) is 0 Å². The minimum absolute atomic E-state index is 0.0493. The molecule has 1 aliphatic rings. The van der Waals surface area contributed by atoms with E-state index in [1.165, 1.54) is 0 Å². The molecule has 1 saturated carbocycles. The zero-order chi connectivity index (χ0) is 18.5. The van der Waals surface area contributed by atoms with Crippen LogP contribution in [-0.2, 0) is 22.4 Å². The van der Waals surface area contributed by atoms with Gasteiger partial charge < -0.3 is 10.2 Å². The van der Waals surface area contributed by atoms with Crippen LogP contribution in [0.1, 0.15) is 24.5 Å². The van der Waals surface area contributed by atoms with Gasteiger partial charge in [-0.15, -0.1) is 0 Å². The van der Waals surface area contributed by atoms with Crippen LogP contribution in [0.3, 0.4) is 0 Å². The van der Waals surface area contributed by atoms with Gasteiger partial charge in [0.15, 0.2) is 0 Å². The number of para-hydroxylation sites is 1. The maximum absolute atomic E-state index is 12.6. The van der Waals surface area contributed by atoms with Crippen molar-refractivity contribution in [2.45, 2.75) is 26.2 Å². The van der Waals surface area contributed by atoms with E-state index < -0.39 is 0 Å². The standard InChI is InChI=1S/C21H25N3O2/c1-3-16-6-4-5-7-19(16)23-20(25)17-14-18(17)21(26)24(2)13-10-15-8-11-22-12-9-15/h4-9,11-12,17-18H,3,10,13-14H2,1-2H3,(H,23,25). The number of aromatic nitrogens is 1. The topological polar surface area (TPSA) is 62.3 Å². The number of anilines is 1. The second-order valence-electron chi connectivity index (χ2n) is 6.81. The zero-order valence-electron chi connectivity index (χ0n) is 15.3. The Morgan fingerprint density at radius 2 is 1.88 bits per heavy atom. The van der Waals surface area contributed by atoms with Gasteiger partial charge in [-0.05, 0) is 48.6 Å². The zero-order valence-corrected chi connectivity index (χ0v) is 15.3. The number of carbonyl (C=O) groups excluding carboxylic acids is 2. The second-order valence-corrected chi connectivity index (χ2v) is 6.81. The average molecular weight is 351 g/mol. The number of aryl methyl sites for hydroxylation is 1. The van der Waals surface area contributed by atoms with E-state index in [9.17, 15) is 9.59 Å². The fourth-order valence-electron chi connectivity index (χ4n) is 3.17. The number of carbonyl (C=O) groups is 2. The molecule has 1 aliphatic carbocycles. The molecule has 0 bridgehead atoms. The third-order valence-electron chi connectivity index (χ3n) is 4.96. The highest BCUT2D eigenvalue weighted by molar-refractivity contribution is 5.99. The molecule has 1 aromatic carbocycles. The van der Waals surface area contributed by atoms with Gasteiger partial charge >= 0.3 is 0 Å². The summed E-state index contributed by atoms with van der Waals surface area (Å²) in [6, 6.07) is 11.7. The number of nitrogens with one attached hydrogen (secondary N) is 1. The number of rotatable bonds is 7. The van der Waals surface area contributed by atoms with E-state index in [-0.39, 0.29) is 23.7 Å². The number of pyridine rings is 1. The van der Waals surface area contributed by atoms with E-state index in [0.717, 1.165) is 29.7 Å². The Balaban J connectivity index is 1.50. The minimum atomic E-state index is -0.212. The number of hydrogen-bond donors (Lipinski definition) is 1.